The van der Waals surface area contributed by atoms with Gasteiger partial charge in [0.25, 0.3) is 0 Å². The van der Waals surface area contributed by atoms with Crippen molar-refractivity contribution in [1.82, 2.24) is 10.2 Å². The number of rotatable bonds is 4. The lowest BCUT2D eigenvalue weighted by atomic mass is 10.1. The van der Waals surface area contributed by atoms with Crippen LogP contribution in [-0.4, -0.2) is 43.0 Å². The third-order valence-corrected chi connectivity index (χ3v) is 3.99. The molecule has 0 radical (unpaired) electrons. The molecule has 1 aliphatic heterocycles. The Morgan fingerprint density at radius 3 is 3.00 bits per heavy atom. The van der Waals surface area contributed by atoms with E-state index in [-0.39, 0.29) is 5.91 Å². The van der Waals surface area contributed by atoms with Gasteiger partial charge >= 0.3 is 0 Å². The summed E-state index contributed by atoms with van der Waals surface area (Å²) in [7, 11) is 0. The molecule has 4 heteroatoms. The largest absolute Gasteiger partial charge is 0.324 e. The number of hydrogen-bond acceptors (Lipinski definition) is 3. The highest BCUT2D eigenvalue weighted by molar-refractivity contribution is 5.93. The Morgan fingerprint density at radius 1 is 1.50 bits per heavy atom. The molecule has 0 bridgehead atoms. The van der Waals surface area contributed by atoms with Gasteiger partial charge in [-0.1, -0.05) is 25.1 Å². The fraction of sp³-hybridized carbons (Fsp3) is 0.562. The van der Waals surface area contributed by atoms with E-state index >= 15 is 0 Å². The van der Waals surface area contributed by atoms with Crippen LogP contribution in [0.15, 0.2) is 18.2 Å². The normalized spacial score (nSPS) is 19.9. The average Bonchev–Trinajstić information content (AvgIpc) is 2.43. The Kier molecular flexibility index (Phi) is 5.15. The van der Waals surface area contributed by atoms with Crippen molar-refractivity contribution >= 4 is 11.6 Å². The molecule has 1 fully saturated rings. The molecule has 2 rings (SSSR count). The monoisotopic (exact) mass is 275 g/mol. The van der Waals surface area contributed by atoms with Crippen molar-refractivity contribution in [2.24, 2.45) is 0 Å². The fourth-order valence-corrected chi connectivity index (χ4v) is 2.68. The first-order valence-electron chi connectivity index (χ1n) is 7.45. The van der Waals surface area contributed by atoms with Crippen molar-refractivity contribution < 1.29 is 4.79 Å². The molecule has 4 nitrogen and oxygen atoms in total. The van der Waals surface area contributed by atoms with E-state index in [1.807, 2.05) is 19.1 Å². The zero-order valence-corrected chi connectivity index (χ0v) is 12.7. The van der Waals surface area contributed by atoms with E-state index in [9.17, 15) is 4.79 Å². The van der Waals surface area contributed by atoms with Gasteiger partial charge in [0.05, 0.1) is 6.54 Å². The number of carbonyl (C=O) groups is 1. The van der Waals surface area contributed by atoms with Crippen LogP contribution in [0.3, 0.4) is 0 Å². The highest BCUT2D eigenvalue weighted by atomic mass is 16.2. The zero-order valence-electron chi connectivity index (χ0n) is 12.7. The molecule has 1 amide bonds. The minimum absolute atomic E-state index is 0.0859. The van der Waals surface area contributed by atoms with Crippen LogP contribution in [0, 0.1) is 6.92 Å². The van der Waals surface area contributed by atoms with Crippen molar-refractivity contribution in [3.8, 4) is 0 Å². The highest BCUT2D eigenvalue weighted by Crippen LogP contribution is 2.21. The lowest BCUT2D eigenvalue weighted by molar-refractivity contribution is -0.118. The molecule has 0 saturated carbocycles. The molecule has 1 aliphatic rings. The summed E-state index contributed by atoms with van der Waals surface area (Å²) >= 11 is 0. The smallest absolute Gasteiger partial charge is 0.238 e. The van der Waals surface area contributed by atoms with Crippen LogP contribution in [0.25, 0.3) is 0 Å². The third kappa shape index (κ3) is 3.58. The van der Waals surface area contributed by atoms with Crippen molar-refractivity contribution in [2.45, 2.75) is 33.2 Å². The van der Waals surface area contributed by atoms with Crippen LogP contribution in [0.4, 0.5) is 5.69 Å². The Morgan fingerprint density at radius 2 is 2.30 bits per heavy atom. The maximum Gasteiger partial charge on any atom is 0.238 e. The number of piperazine rings is 1. The number of benzene rings is 1. The van der Waals surface area contributed by atoms with Crippen molar-refractivity contribution in [1.29, 1.82) is 0 Å². The summed E-state index contributed by atoms with van der Waals surface area (Å²) in [4.78, 5) is 14.5. The van der Waals surface area contributed by atoms with Crippen LogP contribution in [0.1, 0.15) is 25.0 Å². The first-order chi connectivity index (χ1) is 9.61. The quantitative estimate of drug-likeness (QED) is 0.880. The van der Waals surface area contributed by atoms with Gasteiger partial charge in [0.2, 0.25) is 5.91 Å². The summed E-state index contributed by atoms with van der Waals surface area (Å²) in [6, 6.07) is 6.58. The van der Waals surface area contributed by atoms with Gasteiger partial charge < -0.3 is 10.6 Å². The number of hydrogen-bond donors (Lipinski definition) is 2. The summed E-state index contributed by atoms with van der Waals surface area (Å²) < 4.78 is 0. The molecule has 0 spiro atoms. The molecule has 20 heavy (non-hydrogen) atoms. The van der Waals surface area contributed by atoms with Gasteiger partial charge in [0, 0.05) is 31.4 Å². The Balaban J connectivity index is 2.01. The van der Waals surface area contributed by atoms with E-state index in [1.165, 1.54) is 5.56 Å². The minimum atomic E-state index is 0.0859. The Hall–Kier alpha value is -1.39. The number of carbonyl (C=O) groups excluding carboxylic acids is 1. The van der Waals surface area contributed by atoms with Crippen molar-refractivity contribution in [3.05, 3.63) is 29.3 Å². The van der Waals surface area contributed by atoms with Gasteiger partial charge in [-0.25, -0.2) is 0 Å². The van der Waals surface area contributed by atoms with Gasteiger partial charge in [-0.05, 0) is 31.4 Å². The summed E-state index contributed by atoms with van der Waals surface area (Å²) in [5.41, 5.74) is 3.32. The topological polar surface area (TPSA) is 44.4 Å². The second kappa shape index (κ2) is 6.86. The maximum absolute atomic E-state index is 12.3. The summed E-state index contributed by atoms with van der Waals surface area (Å²) in [6.45, 7) is 9.64. The number of nitrogens with zero attached hydrogens (tertiary/aromatic N) is 1. The zero-order chi connectivity index (χ0) is 14.5. The first-order valence-corrected chi connectivity index (χ1v) is 7.45. The van der Waals surface area contributed by atoms with E-state index in [0.717, 1.165) is 37.3 Å². The minimum Gasteiger partial charge on any atom is -0.324 e. The van der Waals surface area contributed by atoms with E-state index in [2.05, 4.69) is 35.4 Å². The van der Waals surface area contributed by atoms with Gasteiger partial charge in [-0.2, -0.15) is 0 Å². The van der Waals surface area contributed by atoms with E-state index in [0.29, 0.717) is 12.6 Å². The van der Waals surface area contributed by atoms with Crippen molar-refractivity contribution in [2.75, 3.05) is 31.5 Å². The van der Waals surface area contributed by atoms with Crippen LogP contribution in [-0.2, 0) is 11.2 Å². The number of para-hydroxylation sites is 1. The summed E-state index contributed by atoms with van der Waals surface area (Å²) in [5.74, 6) is 0.0859. The van der Waals surface area contributed by atoms with Gasteiger partial charge in [-0.3, -0.25) is 9.69 Å². The molecule has 1 aromatic rings. The van der Waals surface area contributed by atoms with Crippen LogP contribution < -0.4 is 10.6 Å². The molecule has 0 aliphatic carbocycles. The number of amides is 1. The molecule has 1 aromatic carbocycles. The number of anilines is 1. The molecular weight excluding hydrogens is 250 g/mol. The lowest BCUT2D eigenvalue weighted by Gasteiger charge is -2.33. The molecule has 0 aromatic heterocycles. The van der Waals surface area contributed by atoms with Gasteiger partial charge in [0.15, 0.2) is 0 Å². The van der Waals surface area contributed by atoms with Gasteiger partial charge in [-0.15, -0.1) is 0 Å². The predicted octanol–water partition coefficient (Wildman–Crippen LogP) is 1.79. The third-order valence-electron chi connectivity index (χ3n) is 3.99. The van der Waals surface area contributed by atoms with E-state index in [4.69, 9.17) is 0 Å². The van der Waals surface area contributed by atoms with Crippen LogP contribution >= 0.6 is 0 Å². The molecular formula is C16H25N3O. The summed E-state index contributed by atoms with van der Waals surface area (Å²) in [5, 5.41) is 6.44. The van der Waals surface area contributed by atoms with Gasteiger partial charge in [0.1, 0.15) is 0 Å². The first kappa shape index (κ1) is 15.0. The number of nitrogens with one attached hydrogen (secondary N) is 2. The van der Waals surface area contributed by atoms with Crippen LogP contribution in [0.5, 0.6) is 0 Å². The Labute approximate surface area is 121 Å². The standard InChI is InChI=1S/C16H25N3O/c1-4-14-7-5-6-12(2)16(14)18-15(20)11-19-9-8-17-10-13(19)3/h5-7,13,17H,4,8-11H2,1-3H3,(H,18,20). The molecule has 2 N–H and O–H groups in total. The molecule has 1 saturated heterocycles. The molecule has 1 unspecified atom stereocenters. The van der Waals surface area contributed by atoms with Crippen LogP contribution in [0.2, 0.25) is 0 Å². The molecule has 110 valence electrons. The van der Waals surface area contributed by atoms with Crippen molar-refractivity contribution in [3.63, 3.8) is 0 Å². The molecule has 1 heterocycles. The maximum atomic E-state index is 12.3. The second-order valence-electron chi connectivity index (χ2n) is 5.53. The second-order valence-corrected chi connectivity index (χ2v) is 5.53. The van der Waals surface area contributed by atoms with E-state index in [1.54, 1.807) is 0 Å². The summed E-state index contributed by atoms with van der Waals surface area (Å²) in [6.07, 6.45) is 0.932. The lowest BCUT2D eigenvalue weighted by Crippen LogP contribution is -2.52. The SMILES string of the molecule is CCc1cccc(C)c1NC(=O)CN1CCNCC1C. The number of aryl methyl sites for hydroxylation is 2. The molecule has 1 atom stereocenters. The fourth-order valence-electron chi connectivity index (χ4n) is 2.68. The predicted molar refractivity (Wildman–Crippen MR) is 83.1 cm³/mol. The highest BCUT2D eigenvalue weighted by Gasteiger charge is 2.20. The Bertz CT molecular complexity index is 473. The van der Waals surface area contributed by atoms with E-state index < -0.39 is 0 Å². The average molecular weight is 275 g/mol.